The Balaban J connectivity index is 1.97. The SMILES string of the molecule is C=COC(=O)[C@H]1[C@@H]2CC=C(OC(C)=O)[C@@H]21. The van der Waals surface area contributed by atoms with Gasteiger partial charge in [-0.15, -0.1) is 0 Å². The summed E-state index contributed by atoms with van der Waals surface area (Å²) >= 11 is 0. The summed E-state index contributed by atoms with van der Waals surface area (Å²) in [4.78, 5) is 22.2. The largest absolute Gasteiger partial charge is 0.435 e. The Morgan fingerprint density at radius 3 is 2.93 bits per heavy atom. The lowest BCUT2D eigenvalue weighted by Crippen LogP contribution is -2.08. The van der Waals surface area contributed by atoms with Gasteiger partial charge in [0.2, 0.25) is 0 Å². The third-order valence-electron chi connectivity index (χ3n) is 2.82. The first-order chi connectivity index (χ1) is 7.15. The zero-order valence-corrected chi connectivity index (χ0v) is 8.43. The molecule has 0 N–H and O–H groups in total. The molecule has 4 heteroatoms. The minimum absolute atomic E-state index is 0.0429. The van der Waals surface area contributed by atoms with Crippen LogP contribution in [0.2, 0.25) is 0 Å². The quantitative estimate of drug-likeness (QED) is 0.519. The van der Waals surface area contributed by atoms with E-state index in [2.05, 4.69) is 6.58 Å². The van der Waals surface area contributed by atoms with Crippen molar-refractivity contribution in [2.45, 2.75) is 13.3 Å². The van der Waals surface area contributed by atoms with Gasteiger partial charge in [0.25, 0.3) is 0 Å². The molecule has 0 aromatic heterocycles. The molecule has 2 rings (SSSR count). The lowest BCUT2D eigenvalue weighted by atomic mass is 10.2. The lowest BCUT2D eigenvalue weighted by Gasteiger charge is -2.04. The van der Waals surface area contributed by atoms with Gasteiger partial charge in [0.1, 0.15) is 5.76 Å². The molecule has 0 aromatic rings. The van der Waals surface area contributed by atoms with Crippen molar-refractivity contribution in [3.8, 4) is 0 Å². The fourth-order valence-corrected chi connectivity index (χ4v) is 2.20. The Kier molecular flexibility index (Phi) is 2.34. The molecule has 2 aliphatic carbocycles. The van der Waals surface area contributed by atoms with Crippen LogP contribution in [-0.2, 0) is 19.1 Å². The van der Waals surface area contributed by atoms with Gasteiger partial charge in [-0.1, -0.05) is 6.58 Å². The molecule has 4 nitrogen and oxygen atoms in total. The maximum Gasteiger partial charge on any atom is 0.314 e. The average molecular weight is 208 g/mol. The third kappa shape index (κ3) is 1.67. The van der Waals surface area contributed by atoms with Gasteiger partial charge in [0.05, 0.1) is 12.2 Å². The summed E-state index contributed by atoms with van der Waals surface area (Å²) in [6.07, 6.45) is 3.78. The zero-order chi connectivity index (χ0) is 11.0. The number of fused-ring (bicyclic) bond motifs is 1. The predicted octanol–water partition coefficient (Wildman–Crippen LogP) is 1.39. The number of hydrogen-bond donors (Lipinski definition) is 0. The minimum atomic E-state index is -0.343. The van der Waals surface area contributed by atoms with Gasteiger partial charge in [0, 0.05) is 12.8 Å². The first-order valence-corrected chi connectivity index (χ1v) is 4.85. The van der Waals surface area contributed by atoms with Crippen molar-refractivity contribution in [3.63, 3.8) is 0 Å². The Morgan fingerprint density at radius 2 is 2.33 bits per heavy atom. The van der Waals surface area contributed by atoms with Gasteiger partial charge >= 0.3 is 11.9 Å². The topological polar surface area (TPSA) is 52.6 Å². The molecule has 0 saturated heterocycles. The van der Waals surface area contributed by atoms with E-state index in [1.165, 1.54) is 6.92 Å². The van der Waals surface area contributed by atoms with E-state index in [0.29, 0.717) is 5.76 Å². The summed E-state index contributed by atoms with van der Waals surface area (Å²) in [6.45, 7) is 4.68. The molecule has 0 spiro atoms. The zero-order valence-electron chi connectivity index (χ0n) is 8.43. The fourth-order valence-electron chi connectivity index (χ4n) is 2.20. The minimum Gasteiger partial charge on any atom is -0.435 e. The molecule has 0 amide bonds. The highest BCUT2D eigenvalue weighted by molar-refractivity contribution is 5.79. The number of hydrogen-bond acceptors (Lipinski definition) is 4. The van der Waals surface area contributed by atoms with E-state index < -0.39 is 0 Å². The highest BCUT2D eigenvalue weighted by Gasteiger charge is 2.60. The molecule has 0 bridgehead atoms. The normalized spacial score (nSPS) is 31.3. The van der Waals surface area contributed by atoms with Crippen molar-refractivity contribution in [1.29, 1.82) is 0 Å². The second-order valence-electron chi connectivity index (χ2n) is 3.75. The van der Waals surface area contributed by atoms with Gasteiger partial charge < -0.3 is 9.47 Å². The number of rotatable bonds is 3. The lowest BCUT2D eigenvalue weighted by molar-refractivity contribution is -0.141. The fraction of sp³-hybridized carbons (Fsp3) is 0.455. The molecule has 0 radical (unpaired) electrons. The van der Waals surface area contributed by atoms with Crippen molar-refractivity contribution >= 4 is 11.9 Å². The number of carbonyl (C=O) groups is 2. The van der Waals surface area contributed by atoms with Crippen LogP contribution in [0.15, 0.2) is 24.7 Å². The second kappa shape index (κ2) is 3.53. The van der Waals surface area contributed by atoms with Crippen molar-refractivity contribution < 1.29 is 19.1 Å². The summed E-state index contributed by atoms with van der Waals surface area (Å²) in [5, 5.41) is 0. The molecular weight excluding hydrogens is 196 g/mol. The van der Waals surface area contributed by atoms with Gasteiger partial charge in [-0.05, 0) is 18.4 Å². The van der Waals surface area contributed by atoms with Crippen LogP contribution in [0.5, 0.6) is 0 Å². The molecular formula is C11H12O4. The maximum atomic E-state index is 11.4. The highest BCUT2D eigenvalue weighted by atomic mass is 16.5. The summed E-state index contributed by atoms with van der Waals surface area (Å²) in [6, 6.07) is 0. The van der Waals surface area contributed by atoms with Gasteiger partial charge in [-0.3, -0.25) is 9.59 Å². The first kappa shape index (κ1) is 9.96. The van der Waals surface area contributed by atoms with Crippen LogP contribution in [0, 0.1) is 17.8 Å². The summed E-state index contributed by atoms with van der Waals surface area (Å²) in [5.74, 6) is 0.149. The van der Waals surface area contributed by atoms with Crippen LogP contribution in [0.1, 0.15) is 13.3 Å². The van der Waals surface area contributed by atoms with Crippen LogP contribution in [0.25, 0.3) is 0 Å². The Morgan fingerprint density at radius 1 is 1.60 bits per heavy atom. The number of esters is 2. The van der Waals surface area contributed by atoms with E-state index in [0.717, 1.165) is 12.7 Å². The van der Waals surface area contributed by atoms with Crippen molar-refractivity contribution in [2.24, 2.45) is 17.8 Å². The standard InChI is InChI=1S/C11H12O4/c1-3-14-11(13)10-7-4-5-8(9(7)10)15-6(2)12/h3,5,7,9-10H,1,4H2,2H3/t7-,9-,10+/m1/s1. The molecule has 0 unspecified atom stereocenters. The first-order valence-electron chi connectivity index (χ1n) is 4.85. The molecule has 3 atom stereocenters. The van der Waals surface area contributed by atoms with Crippen LogP contribution in [0.3, 0.4) is 0 Å². The van der Waals surface area contributed by atoms with Crippen LogP contribution in [-0.4, -0.2) is 11.9 Å². The molecule has 80 valence electrons. The molecule has 0 aliphatic heterocycles. The Bertz CT molecular complexity index is 356. The van der Waals surface area contributed by atoms with Crippen LogP contribution in [0.4, 0.5) is 0 Å². The highest BCUT2D eigenvalue weighted by Crippen LogP contribution is 2.58. The van der Waals surface area contributed by atoms with Crippen molar-refractivity contribution in [3.05, 3.63) is 24.7 Å². The second-order valence-corrected chi connectivity index (χ2v) is 3.75. The summed E-state index contributed by atoms with van der Waals surface area (Å²) < 4.78 is 9.72. The Hall–Kier alpha value is -1.58. The third-order valence-corrected chi connectivity index (χ3v) is 2.82. The van der Waals surface area contributed by atoms with Crippen LogP contribution >= 0.6 is 0 Å². The average Bonchev–Trinajstić information content (AvgIpc) is 2.75. The number of allylic oxidation sites excluding steroid dienone is 2. The van der Waals surface area contributed by atoms with Crippen molar-refractivity contribution in [2.75, 3.05) is 0 Å². The number of ether oxygens (including phenoxy) is 2. The molecule has 1 fully saturated rings. The van der Waals surface area contributed by atoms with E-state index in [1.54, 1.807) is 0 Å². The molecule has 2 aliphatic rings. The van der Waals surface area contributed by atoms with E-state index in [9.17, 15) is 9.59 Å². The smallest absolute Gasteiger partial charge is 0.314 e. The maximum absolute atomic E-state index is 11.4. The van der Waals surface area contributed by atoms with E-state index in [-0.39, 0.29) is 29.7 Å². The van der Waals surface area contributed by atoms with E-state index >= 15 is 0 Å². The predicted molar refractivity (Wildman–Crippen MR) is 51.2 cm³/mol. The molecule has 0 aromatic carbocycles. The Labute approximate surface area is 87.5 Å². The summed E-state index contributed by atoms with van der Waals surface area (Å²) in [5.41, 5.74) is 0. The monoisotopic (exact) mass is 208 g/mol. The molecule has 1 saturated carbocycles. The van der Waals surface area contributed by atoms with E-state index in [1.807, 2.05) is 6.08 Å². The van der Waals surface area contributed by atoms with Crippen molar-refractivity contribution in [1.82, 2.24) is 0 Å². The van der Waals surface area contributed by atoms with Gasteiger partial charge in [-0.25, -0.2) is 0 Å². The summed E-state index contributed by atoms with van der Waals surface area (Å²) in [7, 11) is 0. The van der Waals surface area contributed by atoms with Gasteiger partial charge in [-0.2, -0.15) is 0 Å². The molecule has 0 heterocycles. The molecule has 15 heavy (non-hydrogen) atoms. The van der Waals surface area contributed by atoms with Gasteiger partial charge in [0.15, 0.2) is 0 Å². The number of carbonyl (C=O) groups excluding carboxylic acids is 2. The van der Waals surface area contributed by atoms with Crippen LogP contribution < -0.4 is 0 Å². The van der Waals surface area contributed by atoms with E-state index in [4.69, 9.17) is 9.47 Å².